The third-order valence-electron chi connectivity index (χ3n) is 2.76. The van der Waals surface area contributed by atoms with Gasteiger partial charge in [-0.05, 0) is 18.6 Å². The summed E-state index contributed by atoms with van der Waals surface area (Å²) in [5.41, 5.74) is 3.47. The number of imidazole rings is 1. The molecule has 1 aromatic carbocycles. The summed E-state index contributed by atoms with van der Waals surface area (Å²) in [7, 11) is 0. The minimum absolute atomic E-state index is 0.632. The van der Waals surface area contributed by atoms with Crippen molar-refractivity contribution in [2.24, 2.45) is 0 Å². The molecule has 80 valence electrons. The van der Waals surface area contributed by atoms with Gasteiger partial charge in [0.2, 0.25) is 0 Å². The molecular weight excluding hydrogens is 200 g/mol. The lowest BCUT2D eigenvalue weighted by Crippen LogP contribution is -2.10. The molecule has 3 nitrogen and oxygen atoms in total. The minimum Gasteiger partial charge on any atom is -0.489 e. The van der Waals surface area contributed by atoms with E-state index in [4.69, 9.17) is 4.74 Å². The van der Waals surface area contributed by atoms with Gasteiger partial charge in [-0.2, -0.15) is 0 Å². The molecule has 2 aromatic rings. The topological polar surface area (TPSA) is 37.9 Å². The predicted molar refractivity (Wildman–Crippen MR) is 62.2 cm³/mol. The van der Waals surface area contributed by atoms with Gasteiger partial charge in [0.05, 0.1) is 0 Å². The Balaban J connectivity index is 2.22. The summed E-state index contributed by atoms with van der Waals surface area (Å²) in [6.07, 6.45) is 3.61. The molecule has 1 N–H and O–H groups in total. The van der Waals surface area contributed by atoms with Crippen LogP contribution in [-0.4, -0.2) is 16.6 Å². The first-order valence-corrected chi connectivity index (χ1v) is 5.28. The fourth-order valence-electron chi connectivity index (χ4n) is 2.02. The van der Waals surface area contributed by atoms with Gasteiger partial charge in [-0.25, -0.2) is 4.98 Å². The van der Waals surface area contributed by atoms with Crippen LogP contribution in [0.3, 0.4) is 0 Å². The van der Waals surface area contributed by atoms with Gasteiger partial charge in [-0.15, -0.1) is 0 Å². The fraction of sp³-hybridized carbons (Fsp3) is 0.154. The molecule has 3 heteroatoms. The van der Waals surface area contributed by atoms with Crippen LogP contribution >= 0.6 is 0 Å². The summed E-state index contributed by atoms with van der Waals surface area (Å²) >= 11 is 0. The molecule has 3 rings (SSSR count). The van der Waals surface area contributed by atoms with Crippen LogP contribution in [0.25, 0.3) is 5.57 Å². The van der Waals surface area contributed by atoms with Crippen LogP contribution in [0.2, 0.25) is 0 Å². The average Bonchev–Trinajstić information content (AvgIpc) is 2.82. The van der Waals surface area contributed by atoms with Gasteiger partial charge >= 0.3 is 0 Å². The fourth-order valence-corrected chi connectivity index (χ4v) is 2.02. The first-order chi connectivity index (χ1) is 7.86. The summed E-state index contributed by atoms with van der Waals surface area (Å²) in [6.45, 7) is 2.71. The third kappa shape index (κ3) is 1.33. The minimum atomic E-state index is 0.632. The number of hydrogen-bond donors (Lipinski definition) is 1. The highest BCUT2D eigenvalue weighted by molar-refractivity contribution is 5.83. The van der Waals surface area contributed by atoms with E-state index in [1.54, 1.807) is 6.20 Å². The molecule has 16 heavy (non-hydrogen) atoms. The highest BCUT2D eigenvalue weighted by atomic mass is 16.5. The Kier molecular flexibility index (Phi) is 2.03. The highest BCUT2D eigenvalue weighted by Crippen LogP contribution is 2.35. The Morgan fingerprint density at radius 2 is 2.19 bits per heavy atom. The molecule has 0 saturated heterocycles. The third-order valence-corrected chi connectivity index (χ3v) is 2.76. The molecule has 1 aliphatic heterocycles. The Morgan fingerprint density at radius 3 is 3.00 bits per heavy atom. The lowest BCUT2D eigenvalue weighted by atomic mass is 9.97. The number of benzene rings is 1. The summed E-state index contributed by atoms with van der Waals surface area (Å²) < 4.78 is 5.66. The maximum Gasteiger partial charge on any atom is 0.138 e. The van der Waals surface area contributed by atoms with Gasteiger partial charge in [0.25, 0.3) is 0 Å². The Morgan fingerprint density at radius 1 is 1.31 bits per heavy atom. The molecule has 0 saturated carbocycles. The molecule has 0 bridgehead atoms. The summed E-state index contributed by atoms with van der Waals surface area (Å²) in [6, 6.07) is 8.06. The van der Waals surface area contributed by atoms with Crippen LogP contribution in [0.15, 0.2) is 42.2 Å². The van der Waals surface area contributed by atoms with Crippen molar-refractivity contribution in [2.75, 3.05) is 6.61 Å². The second-order valence-corrected chi connectivity index (χ2v) is 3.88. The monoisotopic (exact) mass is 212 g/mol. The summed E-state index contributed by atoms with van der Waals surface area (Å²) in [4.78, 5) is 7.47. The van der Waals surface area contributed by atoms with Crippen molar-refractivity contribution in [3.8, 4) is 5.75 Å². The molecule has 0 radical (unpaired) electrons. The lowest BCUT2D eigenvalue weighted by Gasteiger charge is -2.21. The van der Waals surface area contributed by atoms with E-state index >= 15 is 0 Å². The number of nitrogens with one attached hydrogen (secondary N) is 1. The first-order valence-electron chi connectivity index (χ1n) is 5.28. The molecule has 0 aliphatic carbocycles. The van der Waals surface area contributed by atoms with E-state index in [1.165, 1.54) is 5.57 Å². The number of ether oxygens (including phenoxy) is 1. The molecule has 0 fully saturated rings. The van der Waals surface area contributed by atoms with Gasteiger partial charge < -0.3 is 9.72 Å². The quantitative estimate of drug-likeness (QED) is 0.789. The number of nitrogens with zero attached hydrogens (tertiary/aromatic N) is 1. The van der Waals surface area contributed by atoms with Crippen molar-refractivity contribution in [1.82, 2.24) is 9.97 Å². The van der Waals surface area contributed by atoms with Crippen LogP contribution < -0.4 is 4.74 Å². The number of H-pyrrole nitrogens is 1. The molecule has 1 aliphatic rings. The van der Waals surface area contributed by atoms with Crippen LogP contribution in [0.4, 0.5) is 0 Å². The van der Waals surface area contributed by atoms with E-state index in [0.29, 0.717) is 6.61 Å². The highest BCUT2D eigenvalue weighted by Gasteiger charge is 2.19. The molecule has 2 heterocycles. The number of hydrogen-bond acceptors (Lipinski definition) is 2. The van der Waals surface area contributed by atoms with Crippen LogP contribution in [0.5, 0.6) is 5.75 Å². The van der Waals surface area contributed by atoms with E-state index in [-0.39, 0.29) is 0 Å². The van der Waals surface area contributed by atoms with Crippen molar-refractivity contribution in [3.05, 3.63) is 53.6 Å². The van der Waals surface area contributed by atoms with Crippen LogP contribution in [0, 0.1) is 0 Å². The van der Waals surface area contributed by atoms with Crippen molar-refractivity contribution in [1.29, 1.82) is 0 Å². The van der Waals surface area contributed by atoms with E-state index in [0.717, 1.165) is 22.7 Å². The standard InChI is InChI=1S/C13H12N2O/c1-9-8-16-11-5-3-2-4-10(11)12(9)13-14-6-7-15-13/h2-7H,8H2,1H3,(H,14,15). The predicted octanol–water partition coefficient (Wildman–Crippen LogP) is 2.62. The van der Waals surface area contributed by atoms with Crippen molar-refractivity contribution in [2.45, 2.75) is 6.92 Å². The van der Waals surface area contributed by atoms with Crippen molar-refractivity contribution >= 4 is 5.57 Å². The van der Waals surface area contributed by atoms with E-state index in [1.807, 2.05) is 24.4 Å². The van der Waals surface area contributed by atoms with E-state index < -0.39 is 0 Å². The number of rotatable bonds is 1. The van der Waals surface area contributed by atoms with Gasteiger partial charge in [0.15, 0.2) is 0 Å². The van der Waals surface area contributed by atoms with E-state index in [9.17, 15) is 0 Å². The zero-order valence-corrected chi connectivity index (χ0v) is 9.03. The second kappa shape index (κ2) is 3.52. The van der Waals surface area contributed by atoms with Crippen molar-refractivity contribution in [3.63, 3.8) is 0 Å². The maximum absolute atomic E-state index is 5.66. The zero-order chi connectivity index (χ0) is 11.0. The zero-order valence-electron chi connectivity index (χ0n) is 9.03. The lowest BCUT2D eigenvalue weighted by molar-refractivity contribution is 0.346. The van der Waals surface area contributed by atoms with Crippen molar-refractivity contribution < 1.29 is 4.74 Å². The smallest absolute Gasteiger partial charge is 0.138 e. The largest absolute Gasteiger partial charge is 0.489 e. The number of fused-ring (bicyclic) bond motifs is 1. The van der Waals surface area contributed by atoms with Gasteiger partial charge in [-0.3, -0.25) is 0 Å². The number of aromatic amines is 1. The number of aromatic nitrogens is 2. The molecule has 0 unspecified atom stereocenters. The molecule has 1 aromatic heterocycles. The normalized spacial score (nSPS) is 14.6. The Hall–Kier alpha value is -2.03. The summed E-state index contributed by atoms with van der Waals surface area (Å²) in [5.74, 6) is 1.84. The van der Waals surface area contributed by atoms with Gasteiger partial charge in [0, 0.05) is 23.5 Å². The van der Waals surface area contributed by atoms with Gasteiger partial charge in [-0.1, -0.05) is 18.2 Å². The first kappa shape index (κ1) is 9.21. The Labute approximate surface area is 93.8 Å². The van der Waals surface area contributed by atoms with Crippen LogP contribution in [0.1, 0.15) is 18.3 Å². The number of para-hydroxylation sites is 1. The Bertz CT molecular complexity index is 541. The van der Waals surface area contributed by atoms with Crippen LogP contribution in [-0.2, 0) is 0 Å². The molecule has 0 atom stereocenters. The van der Waals surface area contributed by atoms with Gasteiger partial charge in [0.1, 0.15) is 18.2 Å². The van der Waals surface area contributed by atoms with E-state index in [2.05, 4.69) is 23.0 Å². The second-order valence-electron chi connectivity index (χ2n) is 3.88. The summed E-state index contributed by atoms with van der Waals surface area (Å²) in [5, 5.41) is 0. The molecule has 0 spiro atoms. The molecule has 0 amide bonds. The average molecular weight is 212 g/mol. The SMILES string of the molecule is CC1=C(c2ncc[nH]2)c2ccccc2OC1. The maximum atomic E-state index is 5.66. The molecular formula is C13H12N2O.